The lowest BCUT2D eigenvalue weighted by molar-refractivity contribution is -0.149. The fraction of sp³-hybridized carbons (Fsp3) is 0.368. The second-order valence-corrected chi connectivity index (χ2v) is 5.85. The summed E-state index contributed by atoms with van der Waals surface area (Å²) in [5, 5.41) is 2.05. The van der Waals surface area contributed by atoms with Crippen molar-refractivity contribution in [3.8, 4) is 0 Å². The molecular formula is C19H21NO3. The molecule has 0 aliphatic carbocycles. The largest absolute Gasteiger partial charge is 0.466 e. The zero-order valence-corrected chi connectivity index (χ0v) is 13.3. The number of piperidine rings is 1. The summed E-state index contributed by atoms with van der Waals surface area (Å²) in [4.78, 5) is 26.5. The molecule has 1 aliphatic rings. The summed E-state index contributed by atoms with van der Waals surface area (Å²) < 4.78 is 5.08. The molecule has 1 aliphatic heterocycles. The summed E-state index contributed by atoms with van der Waals surface area (Å²) >= 11 is 0. The van der Waals surface area contributed by atoms with Crippen molar-refractivity contribution in [3.05, 3.63) is 48.0 Å². The highest BCUT2D eigenvalue weighted by Crippen LogP contribution is 2.24. The van der Waals surface area contributed by atoms with E-state index < -0.39 is 0 Å². The molecule has 1 amide bonds. The summed E-state index contributed by atoms with van der Waals surface area (Å²) in [6.07, 6.45) is 1.35. The van der Waals surface area contributed by atoms with Crippen LogP contribution in [0, 0.1) is 5.92 Å². The van der Waals surface area contributed by atoms with Crippen molar-refractivity contribution < 1.29 is 14.3 Å². The second-order valence-electron chi connectivity index (χ2n) is 5.85. The number of ether oxygens (including phenoxy) is 1. The molecule has 0 aromatic heterocycles. The van der Waals surface area contributed by atoms with E-state index in [0.717, 1.165) is 16.3 Å². The number of hydrogen-bond donors (Lipinski definition) is 0. The number of hydrogen-bond acceptors (Lipinski definition) is 3. The molecule has 0 saturated carbocycles. The summed E-state index contributed by atoms with van der Waals surface area (Å²) in [6.45, 7) is 3.43. The minimum absolute atomic E-state index is 0.0455. The molecule has 120 valence electrons. The molecule has 1 saturated heterocycles. The van der Waals surface area contributed by atoms with Crippen LogP contribution in [0.25, 0.3) is 10.8 Å². The van der Waals surface area contributed by atoms with Gasteiger partial charge in [-0.1, -0.05) is 36.4 Å². The highest BCUT2D eigenvalue weighted by Gasteiger charge is 2.29. The van der Waals surface area contributed by atoms with Gasteiger partial charge < -0.3 is 9.64 Å². The molecule has 2 aromatic rings. The lowest BCUT2D eigenvalue weighted by Crippen LogP contribution is -2.40. The maximum atomic E-state index is 12.8. The van der Waals surface area contributed by atoms with Crippen molar-refractivity contribution in [3.63, 3.8) is 0 Å². The van der Waals surface area contributed by atoms with Gasteiger partial charge in [-0.05, 0) is 36.6 Å². The molecule has 3 rings (SSSR count). The van der Waals surface area contributed by atoms with E-state index in [4.69, 9.17) is 4.74 Å². The molecule has 1 fully saturated rings. The van der Waals surface area contributed by atoms with Crippen LogP contribution in [0.1, 0.15) is 30.1 Å². The van der Waals surface area contributed by atoms with Crippen LogP contribution in [0.4, 0.5) is 0 Å². The number of esters is 1. The first-order valence-corrected chi connectivity index (χ1v) is 8.14. The molecule has 1 heterocycles. The van der Waals surface area contributed by atoms with Gasteiger partial charge in [0.25, 0.3) is 5.91 Å². The Labute approximate surface area is 136 Å². The highest BCUT2D eigenvalue weighted by atomic mass is 16.5. The van der Waals surface area contributed by atoms with Gasteiger partial charge in [0.2, 0.25) is 0 Å². The first-order valence-electron chi connectivity index (χ1n) is 8.14. The first-order chi connectivity index (χ1) is 11.2. The number of fused-ring (bicyclic) bond motifs is 1. The van der Waals surface area contributed by atoms with Gasteiger partial charge in [0.15, 0.2) is 0 Å². The van der Waals surface area contributed by atoms with Gasteiger partial charge in [-0.15, -0.1) is 0 Å². The number of amides is 1. The number of likely N-dealkylation sites (tertiary alicyclic amines) is 1. The molecule has 23 heavy (non-hydrogen) atoms. The predicted molar refractivity (Wildman–Crippen MR) is 89.2 cm³/mol. The Bertz CT molecular complexity index is 712. The maximum Gasteiger partial charge on any atom is 0.309 e. The van der Waals surface area contributed by atoms with Gasteiger partial charge in [-0.25, -0.2) is 0 Å². The van der Waals surface area contributed by atoms with Gasteiger partial charge in [-0.2, -0.15) is 0 Å². The third-order valence-electron chi connectivity index (χ3n) is 4.42. The third-order valence-corrected chi connectivity index (χ3v) is 4.42. The van der Waals surface area contributed by atoms with Crippen LogP contribution in [0.15, 0.2) is 42.5 Å². The smallest absolute Gasteiger partial charge is 0.309 e. The molecule has 0 unspecified atom stereocenters. The molecule has 0 atom stereocenters. The van der Waals surface area contributed by atoms with E-state index in [0.29, 0.717) is 32.5 Å². The Morgan fingerprint density at radius 1 is 1.09 bits per heavy atom. The van der Waals surface area contributed by atoms with E-state index in [1.807, 2.05) is 54.3 Å². The number of carbonyl (C=O) groups is 2. The summed E-state index contributed by atoms with van der Waals surface area (Å²) in [7, 11) is 0. The fourth-order valence-corrected chi connectivity index (χ4v) is 3.16. The quantitative estimate of drug-likeness (QED) is 0.817. The molecule has 4 nitrogen and oxygen atoms in total. The molecule has 0 radical (unpaired) electrons. The van der Waals surface area contributed by atoms with Crippen LogP contribution >= 0.6 is 0 Å². The second kappa shape index (κ2) is 6.82. The van der Waals surface area contributed by atoms with Gasteiger partial charge in [0, 0.05) is 18.7 Å². The highest BCUT2D eigenvalue weighted by molar-refractivity contribution is 6.07. The maximum absolute atomic E-state index is 12.8. The Balaban J connectivity index is 1.73. The van der Waals surface area contributed by atoms with Crippen LogP contribution < -0.4 is 0 Å². The van der Waals surface area contributed by atoms with E-state index in [9.17, 15) is 9.59 Å². The van der Waals surface area contributed by atoms with Crippen molar-refractivity contribution in [1.82, 2.24) is 4.90 Å². The average molecular weight is 311 g/mol. The van der Waals surface area contributed by atoms with Crippen molar-refractivity contribution in [1.29, 1.82) is 0 Å². The van der Waals surface area contributed by atoms with Crippen molar-refractivity contribution in [2.45, 2.75) is 19.8 Å². The zero-order valence-electron chi connectivity index (χ0n) is 13.3. The topological polar surface area (TPSA) is 46.6 Å². The number of benzene rings is 2. The van der Waals surface area contributed by atoms with E-state index >= 15 is 0 Å². The Kier molecular flexibility index (Phi) is 4.60. The molecular weight excluding hydrogens is 290 g/mol. The molecule has 0 spiro atoms. The summed E-state index contributed by atoms with van der Waals surface area (Å²) in [6, 6.07) is 13.7. The van der Waals surface area contributed by atoms with Gasteiger partial charge >= 0.3 is 5.97 Å². The zero-order chi connectivity index (χ0) is 16.2. The van der Waals surface area contributed by atoms with Gasteiger partial charge in [0.05, 0.1) is 12.5 Å². The van der Waals surface area contributed by atoms with E-state index in [-0.39, 0.29) is 17.8 Å². The normalized spacial score (nSPS) is 15.6. The first kappa shape index (κ1) is 15.5. The number of rotatable bonds is 3. The van der Waals surface area contributed by atoms with Crippen molar-refractivity contribution in [2.24, 2.45) is 5.92 Å². The van der Waals surface area contributed by atoms with Crippen LogP contribution in [-0.4, -0.2) is 36.5 Å². The number of nitrogens with zero attached hydrogens (tertiary/aromatic N) is 1. The summed E-state index contributed by atoms with van der Waals surface area (Å²) in [5.41, 5.74) is 0.734. The van der Waals surface area contributed by atoms with Crippen LogP contribution in [0.2, 0.25) is 0 Å². The molecule has 0 N–H and O–H groups in total. The van der Waals surface area contributed by atoms with Crippen LogP contribution in [0.5, 0.6) is 0 Å². The fourth-order valence-electron chi connectivity index (χ4n) is 3.16. The lowest BCUT2D eigenvalue weighted by Gasteiger charge is -2.31. The summed E-state index contributed by atoms with van der Waals surface area (Å²) in [5.74, 6) is -0.166. The predicted octanol–water partition coefficient (Wildman–Crippen LogP) is 3.26. The SMILES string of the molecule is CCOC(=O)C1CCN(C(=O)c2cccc3ccccc23)CC1. The molecule has 2 aromatic carbocycles. The van der Waals surface area contributed by atoms with E-state index in [1.54, 1.807) is 0 Å². The third kappa shape index (κ3) is 3.21. The number of carbonyl (C=O) groups excluding carboxylic acids is 2. The van der Waals surface area contributed by atoms with Gasteiger partial charge in [-0.3, -0.25) is 9.59 Å². The minimum atomic E-state index is -0.134. The Morgan fingerprint density at radius 2 is 1.78 bits per heavy atom. The Morgan fingerprint density at radius 3 is 2.52 bits per heavy atom. The average Bonchev–Trinajstić information content (AvgIpc) is 2.61. The van der Waals surface area contributed by atoms with Crippen LogP contribution in [-0.2, 0) is 9.53 Å². The molecule has 4 heteroatoms. The van der Waals surface area contributed by atoms with Crippen LogP contribution in [0.3, 0.4) is 0 Å². The Hall–Kier alpha value is -2.36. The van der Waals surface area contributed by atoms with E-state index in [2.05, 4.69) is 0 Å². The molecule has 0 bridgehead atoms. The van der Waals surface area contributed by atoms with Crippen molar-refractivity contribution >= 4 is 22.6 Å². The van der Waals surface area contributed by atoms with Crippen molar-refractivity contribution in [2.75, 3.05) is 19.7 Å². The lowest BCUT2D eigenvalue weighted by atomic mass is 9.96. The standard InChI is InChI=1S/C19H21NO3/c1-2-23-19(22)15-10-12-20(13-11-15)18(21)17-9-5-7-14-6-3-4-8-16(14)17/h3-9,15H,2,10-13H2,1H3. The minimum Gasteiger partial charge on any atom is -0.466 e. The van der Waals surface area contributed by atoms with Gasteiger partial charge in [0.1, 0.15) is 0 Å². The van der Waals surface area contributed by atoms with E-state index in [1.165, 1.54) is 0 Å². The monoisotopic (exact) mass is 311 g/mol.